The molecule has 1 aromatic heterocycles. The minimum atomic E-state index is 0.189. The first-order chi connectivity index (χ1) is 7.19. The predicted molar refractivity (Wildman–Crippen MR) is 61.5 cm³/mol. The van der Waals surface area contributed by atoms with E-state index in [0.717, 1.165) is 17.7 Å². The van der Waals surface area contributed by atoms with E-state index in [0.29, 0.717) is 0 Å². The van der Waals surface area contributed by atoms with Gasteiger partial charge in [0.15, 0.2) is 0 Å². The summed E-state index contributed by atoms with van der Waals surface area (Å²) in [6.07, 6.45) is 4.58. The van der Waals surface area contributed by atoms with Gasteiger partial charge in [-0.05, 0) is 26.5 Å². The molecule has 0 fully saturated rings. The van der Waals surface area contributed by atoms with Crippen molar-refractivity contribution in [3.05, 3.63) is 24.0 Å². The first-order valence-corrected chi connectivity index (χ1v) is 5.08. The molecule has 0 spiro atoms. The maximum Gasteiger partial charge on any atom is 0.0561 e. The van der Waals surface area contributed by atoms with Crippen molar-refractivity contribution < 1.29 is 4.74 Å². The molecule has 0 aliphatic heterocycles. The van der Waals surface area contributed by atoms with E-state index in [-0.39, 0.29) is 12.1 Å². The van der Waals surface area contributed by atoms with Crippen molar-refractivity contribution in [3.8, 4) is 0 Å². The van der Waals surface area contributed by atoms with Crippen LogP contribution in [0.15, 0.2) is 18.5 Å². The molecule has 0 aliphatic carbocycles. The van der Waals surface area contributed by atoms with Crippen LogP contribution in [0.3, 0.4) is 0 Å². The number of nitrogens with zero attached hydrogens (tertiary/aromatic N) is 1. The lowest BCUT2D eigenvalue weighted by atomic mass is 10.0. The number of rotatable bonds is 5. The number of aromatic nitrogens is 1. The Kier molecular flexibility index (Phi) is 4.52. The fraction of sp³-hybridized carbons (Fsp3) is 0.545. The summed E-state index contributed by atoms with van der Waals surface area (Å²) >= 11 is 0. The van der Waals surface area contributed by atoms with Gasteiger partial charge in [0, 0.05) is 36.8 Å². The minimum absolute atomic E-state index is 0.189. The normalized spacial score (nSPS) is 14.9. The van der Waals surface area contributed by atoms with Crippen molar-refractivity contribution in [1.82, 2.24) is 10.3 Å². The van der Waals surface area contributed by atoms with E-state index in [1.807, 2.05) is 20.0 Å². The number of hydrogen-bond acceptors (Lipinski definition) is 4. The lowest BCUT2D eigenvalue weighted by Gasteiger charge is -2.21. The highest BCUT2D eigenvalue weighted by atomic mass is 16.5. The Balaban J connectivity index is 2.78. The molecule has 2 atom stereocenters. The average molecular weight is 209 g/mol. The molecular formula is C11H19N3O. The molecule has 0 amide bonds. The number of hydrogen-bond donors (Lipinski definition) is 2. The fourth-order valence-corrected chi connectivity index (χ4v) is 1.54. The molecule has 0 aromatic carbocycles. The third kappa shape index (κ3) is 3.18. The summed E-state index contributed by atoms with van der Waals surface area (Å²) in [6.45, 7) is 2.04. The number of nitrogens with one attached hydrogen (secondary N) is 1. The standard InChI is InChI=1S/C11H19N3O/c1-8(15-3)6-11(13-2)9-7-14-5-4-10(9)12/h4-5,7-8,11,13H,6H2,1-3H3,(H2,12,14). The predicted octanol–water partition coefficient (Wildman–Crippen LogP) is 1.35. The van der Waals surface area contributed by atoms with Crippen molar-refractivity contribution in [3.63, 3.8) is 0 Å². The summed E-state index contributed by atoms with van der Waals surface area (Å²) in [4.78, 5) is 4.09. The largest absolute Gasteiger partial charge is 0.398 e. The van der Waals surface area contributed by atoms with Gasteiger partial charge in [0.1, 0.15) is 0 Å². The monoisotopic (exact) mass is 209 g/mol. The molecule has 0 radical (unpaired) electrons. The zero-order chi connectivity index (χ0) is 11.3. The van der Waals surface area contributed by atoms with Crippen LogP contribution in [0.25, 0.3) is 0 Å². The van der Waals surface area contributed by atoms with Crippen LogP contribution in [0.4, 0.5) is 5.69 Å². The van der Waals surface area contributed by atoms with E-state index in [1.54, 1.807) is 19.5 Å². The molecule has 4 nitrogen and oxygen atoms in total. The third-order valence-electron chi connectivity index (χ3n) is 2.58. The molecule has 1 aromatic rings. The lowest BCUT2D eigenvalue weighted by molar-refractivity contribution is 0.101. The van der Waals surface area contributed by atoms with Gasteiger partial charge in [0.2, 0.25) is 0 Å². The molecule has 0 aliphatic rings. The number of pyridine rings is 1. The number of methoxy groups -OCH3 is 1. The highest BCUT2D eigenvalue weighted by molar-refractivity contribution is 5.46. The highest BCUT2D eigenvalue weighted by Crippen LogP contribution is 2.23. The number of ether oxygens (including phenoxy) is 1. The second-order valence-corrected chi connectivity index (χ2v) is 3.63. The van der Waals surface area contributed by atoms with Crippen LogP contribution < -0.4 is 11.1 Å². The number of nitrogens with two attached hydrogens (primary N) is 1. The minimum Gasteiger partial charge on any atom is -0.398 e. The lowest BCUT2D eigenvalue weighted by Crippen LogP contribution is -2.23. The van der Waals surface area contributed by atoms with Crippen LogP contribution in [0, 0.1) is 0 Å². The Morgan fingerprint density at radius 2 is 2.33 bits per heavy atom. The van der Waals surface area contributed by atoms with Crippen molar-refractivity contribution in [2.45, 2.75) is 25.5 Å². The van der Waals surface area contributed by atoms with E-state index in [2.05, 4.69) is 10.3 Å². The van der Waals surface area contributed by atoms with Gasteiger partial charge in [0.25, 0.3) is 0 Å². The molecule has 2 unspecified atom stereocenters. The first-order valence-electron chi connectivity index (χ1n) is 5.08. The van der Waals surface area contributed by atoms with Gasteiger partial charge in [-0.15, -0.1) is 0 Å². The van der Waals surface area contributed by atoms with E-state index < -0.39 is 0 Å². The van der Waals surface area contributed by atoms with E-state index in [4.69, 9.17) is 10.5 Å². The SMILES string of the molecule is CNC(CC(C)OC)c1cnccc1N. The molecule has 4 heteroatoms. The molecule has 1 rings (SSSR count). The van der Waals surface area contributed by atoms with Gasteiger partial charge in [-0.1, -0.05) is 0 Å². The molecule has 0 saturated carbocycles. The van der Waals surface area contributed by atoms with Gasteiger partial charge < -0.3 is 15.8 Å². The van der Waals surface area contributed by atoms with Crippen LogP contribution >= 0.6 is 0 Å². The quantitative estimate of drug-likeness (QED) is 0.768. The first kappa shape index (κ1) is 11.9. The summed E-state index contributed by atoms with van der Waals surface area (Å²) < 4.78 is 5.24. The van der Waals surface area contributed by atoms with Crippen LogP contribution in [-0.4, -0.2) is 25.2 Å². The fourth-order valence-electron chi connectivity index (χ4n) is 1.54. The average Bonchev–Trinajstić information content (AvgIpc) is 2.26. The maximum atomic E-state index is 5.89. The molecule has 3 N–H and O–H groups in total. The summed E-state index contributed by atoms with van der Waals surface area (Å²) in [5.74, 6) is 0. The van der Waals surface area contributed by atoms with E-state index in [1.165, 1.54) is 0 Å². The highest BCUT2D eigenvalue weighted by Gasteiger charge is 2.15. The van der Waals surface area contributed by atoms with Crippen LogP contribution in [0.2, 0.25) is 0 Å². The van der Waals surface area contributed by atoms with E-state index in [9.17, 15) is 0 Å². The molecule has 15 heavy (non-hydrogen) atoms. The Bertz CT molecular complexity index is 304. The Labute approximate surface area is 90.8 Å². The summed E-state index contributed by atoms with van der Waals surface area (Å²) in [5.41, 5.74) is 7.70. The zero-order valence-corrected chi connectivity index (χ0v) is 9.53. The second-order valence-electron chi connectivity index (χ2n) is 3.63. The number of anilines is 1. The van der Waals surface area contributed by atoms with Crippen LogP contribution in [0.5, 0.6) is 0 Å². The van der Waals surface area contributed by atoms with Crippen LogP contribution in [0.1, 0.15) is 24.9 Å². The topological polar surface area (TPSA) is 60.2 Å². The summed E-state index contributed by atoms with van der Waals surface area (Å²) in [6, 6.07) is 2.01. The summed E-state index contributed by atoms with van der Waals surface area (Å²) in [7, 11) is 3.63. The van der Waals surface area contributed by atoms with Crippen molar-refractivity contribution in [1.29, 1.82) is 0 Å². The third-order valence-corrected chi connectivity index (χ3v) is 2.58. The van der Waals surface area contributed by atoms with E-state index >= 15 is 0 Å². The van der Waals surface area contributed by atoms with Gasteiger partial charge in [-0.25, -0.2) is 0 Å². The molecule has 0 saturated heterocycles. The van der Waals surface area contributed by atoms with Gasteiger partial charge in [-0.2, -0.15) is 0 Å². The smallest absolute Gasteiger partial charge is 0.0561 e. The Morgan fingerprint density at radius 1 is 1.60 bits per heavy atom. The molecule has 1 heterocycles. The van der Waals surface area contributed by atoms with Crippen molar-refractivity contribution in [2.75, 3.05) is 19.9 Å². The zero-order valence-electron chi connectivity index (χ0n) is 9.53. The van der Waals surface area contributed by atoms with Gasteiger partial charge in [0.05, 0.1) is 6.10 Å². The van der Waals surface area contributed by atoms with Crippen molar-refractivity contribution >= 4 is 5.69 Å². The second kappa shape index (κ2) is 5.68. The molecular weight excluding hydrogens is 190 g/mol. The van der Waals surface area contributed by atoms with Gasteiger partial charge >= 0.3 is 0 Å². The number of nitrogen functional groups attached to an aromatic ring is 1. The van der Waals surface area contributed by atoms with Crippen molar-refractivity contribution in [2.24, 2.45) is 0 Å². The maximum absolute atomic E-state index is 5.89. The Morgan fingerprint density at radius 3 is 2.87 bits per heavy atom. The Hall–Kier alpha value is -1.13. The molecule has 84 valence electrons. The van der Waals surface area contributed by atoms with Gasteiger partial charge in [-0.3, -0.25) is 4.98 Å². The van der Waals surface area contributed by atoms with Crippen LogP contribution in [-0.2, 0) is 4.74 Å². The molecule has 0 bridgehead atoms. The summed E-state index contributed by atoms with van der Waals surface area (Å²) in [5, 5.41) is 3.22.